The van der Waals surface area contributed by atoms with Gasteiger partial charge >= 0.3 is 0 Å². The second-order valence-electron chi connectivity index (χ2n) is 4.71. The number of halogens is 1. The first-order valence-corrected chi connectivity index (χ1v) is 7.15. The van der Waals surface area contributed by atoms with Gasteiger partial charge in [-0.25, -0.2) is 0 Å². The average molecular weight is 290 g/mol. The molecule has 0 amide bonds. The van der Waals surface area contributed by atoms with Crippen molar-refractivity contribution >= 4 is 27.3 Å². The van der Waals surface area contributed by atoms with Crippen LogP contribution < -0.4 is 5.32 Å². The minimum absolute atomic E-state index is 0.336. The third-order valence-corrected chi connectivity index (χ3v) is 4.29. The third kappa shape index (κ3) is 4.66. The van der Waals surface area contributed by atoms with E-state index in [2.05, 4.69) is 53.5 Å². The molecule has 1 nitrogen and oxygen atoms in total. The SMILES string of the molecule is CCCNCC(C)(C)Cc1sccc1Br. The van der Waals surface area contributed by atoms with Crippen LogP contribution in [-0.2, 0) is 6.42 Å². The zero-order valence-corrected chi connectivity index (χ0v) is 12.2. The summed E-state index contributed by atoms with van der Waals surface area (Å²) in [5.74, 6) is 0. The van der Waals surface area contributed by atoms with E-state index in [1.807, 2.05) is 11.3 Å². The van der Waals surface area contributed by atoms with Crippen molar-refractivity contribution in [2.75, 3.05) is 13.1 Å². The lowest BCUT2D eigenvalue weighted by Crippen LogP contribution is -2.31. The van der Waals surface area contributed by atoms with Gasteiger partial charge in [0.1, 0.15) is 0 Å². The lowest BCUT2D eigenvalue weighted by Gasteiger charge is -2.24. The highest BCUT2D eigenvalue weighted by molar-refractivity contribution is 9.10. The molecule has 0 radical (unpaired) electrons. The largest absolute Gasteiger partial charge is 0.316 e. The number of thiophene rings is 1. The molecule has 0 aliphatic carbocycles. The first-order valence-electron chi connectivity index (χ1n) is 5.48. The molecule has 0 aliphatic heterocycles. The second-order valence-corrected chi connectivity index (χ2v) is 6.56. The molecule has 0 spiro atoms. The van der Waals surface area contributed by atoms with Crippen molar-refractivity contribution in [2.24, 2.45) is 5.41 Å². The molecule has 3 heteroatoms. The smallest absolute Gasteiger partial charge is 0.0314 e. The maximum atomic E-state index is 3.59. The van der Waals surface area contributed by atoms with E-state index in [0.717, 1.165) is 19.5 Å². The van der Waals surface area contributed by atoms with E-state index >= 15 is 0 Å². The molecule has 1 rings (SSSR count). The van der Waals surface area contributed by atoms with Gasteiger partial charge < -0.3 is 5.32 Å². The number of nitrogens with one attached hydrogen (secondary N) is 1. The van der Waals surface area contributed by atoms with Crippen molar-refractivity contribution in [1.82, 2.24) is 5.32 Å². The molecule has 1 aromatic heterocycles. The number of hydrogen-bond donors (Lipinski definition) is 1. The molecule has 0 unspecified atom stereocenters. The molecule has 15 heavy (non-hydrogen) atoms. The van der Waals surface area contributed by atoms with Crippen LogP contribution in [0, 0.1) is 5.41 Å². The molecule has 1 heterocycles. The van der Waals surface area contributed by atoms with Crippen LogP contribution in [0.4, 0.5) is 0 Å². The summed E-state index contributed by atoms with van der Waals surface area (Å²) in [5, 5.41) is 5.64. The topological polar surface area (TPSA) is 12.0 Å². The Balaban J connectivity index is 2.45. The predicted molar refractivity (Wildman–Crippen MR) is 72.7 cm³/mol. The Morgan fingerprint density at radius 2 is 2.20 bits per heavy atom. The summed E-state index contributed by atoms with van der Waals surface area (Å²) >= 11 is 5.43. The van der Waals surface area contributed by atoms with Gasteiger partial charge in [-0.1, -0.05) is 20.8 Å². The molecular weight excluding hydrogens is 270 g/mol. The van der Waals surface area contributed by atoms with E-state index in [9.17, 15) is 0 Å². The lowest BCUT2D eigenvalue weighted by molar-refractivity contribution is 0.341. The lowest BCUT2D eigenvalue weighted by atomic mass is 9.88. The summed E-state index contributed by atoms with van der Waals surface area (Å²) in [6.07, 6.45) is 2.35. The van der Waals surface area contributed by atoms with Crippen LogP contribution in [0.1, 0.15) is 32.1 Å². The van der Waals surface area contributed by atoms with Crippen molar-refractivity contribution in [3.05, 3.63) is 20.8 Å². The molecule has 86 valence electrons. The summed E-state index contributed by atoms with van der Waals surface area (Å²) in [4.78, 5) is 1.46. The Morgan fingerprint density at radius 1 is 1.47 bits per heavy atom. The highest BCUT2D eigenvalue weighted by atomic mass is 79.9. The van der Waals surface area contributed by atoms with Gasteiger partial charge in [-0.05, 0) is 52.2 Å². The minimum Gasteiger partial charge on any atom is -0.316 e. The van der Waals surface area contributed by atoms with Gasteiger partial charge in [0.15, 0.2) is 0 Å². The zero-order valence-electron chi connectivity index (χ0n) is 9.77. The Bertz CT molecular complexity index is 294. The van der Waals surface area contributed by atoms with Gasteiger partial charge in [0, 0.05) is 15.9 Å². The quantitative estimate of drug-likeness (QED) is 0.778. The average Bonchev–Trinajstić information content (AvgIpc) is 2.51. The van der Waals surface area contributed by atoms with Gasteiger partial charge in [-0.2, -0.15) is 0 Å². The van der Waals surface area contributed by atoms with Crippen molar-refractivity contribution in [2.45, 2.75) is 33.6 Å². The Kier molecular flexibility index (Phi) is 5.30. The van der Waals surface area contributed by atoms with E-state index in [1.165, 1.54) is 15.8 Å². The molecule has 0 aromatic carbocycles. The molecule has 1 aromatic rings. The van der Waals surface area contributed by atoms with Crippen LogP contribution >= 0.6 is 27.3 Å². The second kappa shape index (κ2) is 6.02. The zero-order chi connectivity index (χ0) is 11.3. The summed E-state index contributed by atoms with van der Waals surface area (Å²) in [6, 6.07) is 2.13. The number of rotatable bonds is 6. The van der Waals surface area contributed by atoms with Crippen molar-refractivity contribution in [3.63, 3.8) is 0 Å². The molecule has 0 saturated carbocycles. The van der Waals surface area contributed by atoms with E-state index < -0.39 is 0 Å². The first kappa shape index (κ1) is 13.2. The van der Waals surface area contributed by atoms with Crippen LogP contribution in [0.5, 0.6) is 0 Å². The van der Waals surface area contributed by atoms with Gasteiger partial charge in [0.05, 0.1) is 0 Å². The third-order valence-electron chi connectivity index (χ3n) is 2.36. The molecule has 1 N–H and O–H groups in total. The molecule has 0 bridgehead atoms. The van der Waals surface area contributed by atoms with Crippen LogP contribution in [0.25, 0.3) is 0 Å². The minimum atomic E-state index is 0.336. The fraction of sp³-hybridized carbons (Fsp3) is 0.667. The van der Waals surface area contributed by atoms with Gasteiger partial charge in [0.2, 0.25) is 0 Å². The Morgan fingerprint density at radius 3 is 2.73 bits per heavy atom. The predicted octanol–water partition coefficient (Wildman–Crippen LogP) is 4.08. The van der Waals surface area contributed by atoms with E-state index in [1.54, 1.807) is 0 Å². The van der Waals surface area contributed by atoms with E-state index in [-0.39, 0.29) is 0 Å². The maximum Gasteiger partial charge on any atom is 0.0314 e. The van der Waals surface area contributed by atoms with E-state index in [4.69, 9.17) is 0 Å². The summed E-state index contributed by atoms with van der Waals surface area (Å²) in [7, 11) is 0. The normalized spacial score (nSPS) is 12.0. The monoisotopic (exact) mass is 289 g/mol. The van der Waals surface area contributed by atoms with Crippen LogP contribution in [0.15, 0.2) is 15.9 Å². The number of hydrogen-bond acceptors (Lipinski definition) is 2. The molecule has 0 fully saturated rings. The van der Waals surface area contributed by atoms with Crippen LogP contribution in [0.3, 0.4) is 0 Å². The van der Waals surface area contributed by atoms with Crippen molar-refractivity contribution in [1.29, 1.82) is 0 Å². The molecular formula is C12H20BrNS. The highest BCUT2D eigenvalue weighted by Gasteiger charge is 2.19. The summed E-state index contributed by atoms with van der Waals surface area (Å²) in [6.45, 7) is 9.06. The summed E-state index contributed by atoms with van der Waals surface area (Å²) < 4.78 is 1.26. The van der Waals surface area contributed by atoms with Gasteiger partial charge in [-0.15, -0.1) is 11.3 Å². The fourth-order valence-corrected chi connectivity index (χ4v) is 3.30. The van der Waals surface area contributed by atoms with Crippen molar-refractivity contribution < 1.29 is 0 Å². The van der Waals surface area contributed by atoms with Crippen LogP contribution in [-0.4, -0.2) is 13.1 Å². The molecule has 0 atom stereocenters. The van der Waals surface area contributed by atoms with Gasteiger partial charge in [-0.3, -0.25) is 0 Å². The Hall–Kier alpha value is 0.140. The highest BCUT2D eigenvalue weighted by Crippen LogP contribution is 2.30. The molecule has 0 saturated heterocycles. The van der Waals surface area contributed by atoms with Crippen molar-refractivity contribution in [3.8, 4) is 0 Å². The first-order chi connectivity index (χ1) is 7.05. The molecule has 0 aliphatic rings. The maximum absolute atomic E-state index is 3.59. The Labute approximate surface area is 105 Å². The van der Waals surface area contributed by atoms with Crippen LogP contribution in [0.2, 0.25) is 0 Å². The van der Waals surface area contributed by atoms with Gasteiger partial charge in [0.25, 0.3) is 0 Å². The fourth-order valence-electron chi connectivity index (χ4n) is 1.55. The standard InChI is InChI=1S/C12H20BrNS/c1-4-6-14-9-12(2,3)8-11-10(13)5-7-15-11/h5,7,14H,4,6,8-9H2,1-3H3. The summed E-state index contributed by atoms with van der Waals surface area (Å²) in [5.41, 5.74) is 0.336. The van der Waals surface area contributed by atoms with E-state index in [0.29, 0.717) is 5.41 Å².